The lowest BCUT2D eigenvalue weighted by molar-refractivity contribution is -0.158. The van der Waals surface area contributed by atoms with Crippen LogP contribution in [0, 0.1) is 0 Å². The number of esters is 2. The fraction of sp³-hybridized carbons (Fsp3) is 0.188. The van der Waals surface area contributed by atoms with Crippen LogP contribution in [0.15, 0.2) is 121 Å². The average molecular weight is 494 g/mol. The number of nitrogens with zero attached hydrogens (tertiary/aromatic N) is 1. The Balaban J connectivity index is 1.54. The van der Waals surface area contributed by atoms with Gasteiger partial charge in [-0.25, -0.2) is 0 Å². The number of ether oxygens (including phenoxy) is 2. The second kappa shape index (κ2) is 13.8. The second-order valence-corrected chi connectivity index (χ2v) is 8.84. The molecule has 4 rings (SSSR count). The predicted molar refractivity (Wildman–Crippen MR) is 143 cm³/mol. The van der Waals surface area contributed by atoms with Gasteiger partial charge in [-0.15, -0.1) is 0 Å². The highest BCUT2D eigenvalue weighted by Crippen LogP contribution is 2.19. The van der Waals surface area contributed by atoms with E-state index in [0.717, 1.165) is 22.3 Å². The number of carbonyl (C=O) groups excluding carboxylic acids is 2. The Morgan fingerprint density at radius 3 is 1.35 bits per heavy atom. The van der Waals surface area contributed by atoms with Gasteiger partial charge in [-0.05, 0) is 22.3 Å². The van der Waals surface area contributed by atoms with E-state index in [0.29, 0.717) is 13.1 Å². The molecule has 0 fully saturated rings. The van der Waals surface area contributed by atoms with Crippen LogP contribution in [0.2, 0.25) is 0 Å². The van der Waals surface area contributed by atoms with Gasteiger partial charge in [0.05, 0.1) is 6.42 Å². The van der Waals surface area contributed by atoms with Crippen molar-refractivity contribution in [2.45, 2.75) is 38.8 Å². The largest absolute Gasteiger partial charge is 0.461 e. The number of hydrogen-bond acceptors (Lipinski definition) is 5. The Bertz CT molecular complexity index is 1190. The van der Waals surface area contributed by atoms with Gasteiger partial charge in [-0.2, -0.15) is 0 Å². The van der Waals surface area contributed by atoms with E-state index in [1.807, 2.05) is 126 Å². The molecule has 0 heterocycles. The number of hydrogen-bond donors (Lipinski definition) is 0. The van der Waals surface area contributed by atoms with Gasteiger partial charge >= 0.3 is 11.9 Å². The lowest BCUT2D eigenvalue weighted by atomic mass is 10.1. The number of carbonyl (C=O) groups is 2. The molecular formula is C32H31NO4. The summed E-state index contributed by atoms with van der Waals surface area (Å²) in [7, 11) is 0. The molecule has 0 amide bonds. The van der Waals surface area contributed by atoms with E-state index in [9.17, 15) is 9.59 Å². The van der Waals surface area contributed by atoms with Crippen molar-refractivity contribution < 1.29 is 19.1 Å². The maximum Gasteiger partial charge on any atom is 0.324 e. The van der Waals surface area contributed by atoms with Crippen LogP contribution in [0.3, 0.4) is 0 Å². The van der Waals surface area contributed by atoms with Gasteiger partial charge in [0.1, 0.15) is 19.3 Å². The van der Waals surface area contributed by atoms with Crippen molar-refractivity contribution in [1.29, 1.82) is 0 Å². The Hall–Kier alpha value is -4.22. The van der Waals surface area contributed by atoms with Crippen LogP contribution in [0.1, 0.15) is 28.7 Å². The summed E-state index contributed by atoms with van der Waals surface area (Å²) in [5, 5.41) is 0. The molecular weight excluding hydrogens is 462 g/mol. The molecule has 0 radical (unpaired) electrons. The van der Waals surface area contributed by atoms with Gasteiger partial charge in [0.2, 0.25) is 0 Å². The molecule has 0 saturated carbocycles. The maximum absolute atomic E-state index is 13.5. The molecule has 5 nitrogen and oxygen atoms in total. The normalized spacial score (nSPS) is 11.6. The van der Waals surface area contributed by atoms with Crippen LogP contribution in [-0.2, 0) is 45.4 Å². The first kappa shape index (κ1) is 25.9. The zero-order valence-electron chi connectivity index (χ0n) is 20.7. The Morgan fingerprint density at radius 2 is 0.919 bits per heavy atom. The van der Waals surface area contributed by atoms with E-state index in [-0.39, 0.29) is 19.6 Å². The quantitative estimate of drug-likeness (QED) is 0.229. The fourth-order valence-corrected chi connectivity index (χ4v) is 4.05. The van der Waals surface area contributed by atoms with Gasteiger partial charge in [0.15, 0.2) is 0 Å². The summed E-state index contributed by atoms with van der Waals surface area (Å²) < 4.78 is 11.3. The summed E-state index contributed by atoms with van der Waals surface area (Å²) in [6.45, 7) is 1.25. The first-order valence-corrected chi connectivity index (χ1v) is 12.4. The van der Waals surface area contributed by atoms with E-state index in [1.165, 1.54) is 0 Å². The van der Waals surface area contributed by atoms with Gasteiger partial charge < -0.3 is 9.47 Å². The highest BCUT2D eigenvalue weighted by Gasteiger charge is 2.31. The molecule has 0 saturated heterocycles. The van der Waals surface area contributed by atoms with Gasteiger partial charge in [-0.1, -0.05) is 121 Å². The van der Waals surface area contributed by atoms with E-state index in [2.05, 4.69) is 0 Å². The molecule has 4 aromatic carbocycles. The third-order valence-electron chi connectivity index (χ3n) is 6.00. The summed E-state index contributed by atoms with van der Waals surface area (Å²) >= 11 is 0. The van der Waals surface area contributed by atoms with Crippen molar-refractivity contribution in [2.75, 3.05) is 0 Å². The zero-order chi connectivity index (χ0) is 25.7. The minimum absolute atomic E-state index is 0.111. The first-order chi connectivity index (χ1) is 18.2. The Labute approximate surface area is 218 Å². The summed E-state index contributed by atoms with van der Waals surface area (Å²) in [5.41, 5.74) is 3.86. The standard InChI is InChI=1S/C32H31NO4/c34-31(36-24-28-17-9-3-10-18-28)21-30(32(35)37-25-29-19-11-4-12-20-29)33(22-26-13-5-1-6-14-26)23-27-15-7-2-8-16-27/h1-20,30H,21-25H2. The van der Waals surface area contributed by atoms with Crippen LogP contribution >= 0.6 is 0 Å². The van der Waals surface area contributed by atoms with Gasteiger partial charge in [0, 0.05) is 13.1 Å². The number of benzene rings is 4. The topological polar surface area (TPSA) is 55.8 Å². The molecule has 5 heteroatoms. The molecule has 0 aromatic heterocycles. The molecule has 0 aliphatic heterocycles. The fourth-order valence-electron chi connectivity index (χ4n) is 4.05. The molecule has 0 aliphatic rings. The van der Waals surface area contributed by atoms with Crippen molar-refractivity contribution in [3.05, 3.63) is 144 Å². The third-order valence-corrected chi connectivity index (χ3v) is 6.00. The summed E-state index contributed by atoms with van der Waals surface area (Å²) in [4.78, 5) is 28.4. The molecule has 0 N–H and O–H groups in total. The average Bonchev–Trinajstić information content (AvgIpc) is 2.95. The van der Waals surface area contributed by atoms with Crippen LogP contribution in [0.5, 0.6) is 0 Å². The zero-order valence-corrected chi connectivity index (χ0v) is 20.7. The van der Waals surface area contributed by atoms with E-state index in [4.69, 9.17) is 9.47 Å². The van der Waals surface area contributed by atoms with Crippen molar-refractivity contribution in [3.63, 3.8) is 0 Å². The van der Waals surface area contributed by atoms with Crippen molar-refractivity contribution in [3.8, 4) is 0 Å². The Kier molecular flexibility index (Phi) is 9.62. The van der Waals surface area contributed by atoms with Crippen molar-refractivity contribution >= 4 is 11.9 Å². The molecule has 1 unspecified atom stereocenters. The molecule has 4 aromatic rings. The highest BCUT2D eigenvalue weighted by molar-refractivity contribution is 5.82. The summed E-state index contributed by atoms with van der Waals surface area (Å²) in [6, 6.07) is 38.0. The smallest absolute Gasteiger partial charge is 0.324 e. The van der Waals surface area contributed by atoms with Crippen LogP contribution < -0.4 is 0 Å². The molecule has 37 heavy (non-hydrogen) atoms. The minimum Gasteiger partial charge on any atom is -0.461 e. The summed E-state index contributed by atoms with van der Waals surface area (Å²) in [6.07, 6.45) is -0.111. The monoisotopic (exact) mass is 493 g/mol. The van der Waals surface area contributed by atoms with Crippen LogP contribution in [-0.4, -0.2) is 22.9 Å². The van der Waals surface area contributed by atoms with Crippen LogP contribution in [0.25, 0.3) is 0 Å². The predicted octanol–water partition coefficient (Wildman–Crippen LogP) is 5.93. The SMILES string of the molecule is O=C(CC(C(=O)OCc1ccccc1)N(Cc1ccccc1)Cc1ccccc1)OCc1ccccc1. The van der Waals surface area contributed by atoms with Crippen LogP contribution in [0.4, 0.5) is 0 Å². The Morgan fingerprint density at radius 1 is 0.541 bits per heavy atom. The van der Waals surface area contributed by atoms with E-state index >= 15 is 0 Å². The lowest BCUT2D eigenvalue weighted by Gasteiger charge is -2.30. The van der Waals surface area contributed by atoms with Gasteiger partial charge in [0.25, 0.3) is 0 Å². The molecule has 0 bridgehead atoms. The minimum atomic E-state index is -0.813. The van der Waals surface area contributed by atoms with Gasteiger partial charge in [-0.3, -0.25) is 14.5 Å². The third kappa shape index (κ3) is 8.44. The van der Waals surface area contributed by atoms with Crippen molar-refractivity contribution in [1.82, 2.24) is 4.90 Å². The first-order valence-electron chi connectivity index (χ1n) is 12.4. The lowest BCUT2D eigenvalue weighted by Crippen LogP contribution is -2.43. The van der Waals surface area contributed by atoms with Crippen molar-refractivity contribution in [2.24, 2.45) is 0 Å². The molecule has 0 aliphatic carbocycles. The maximum atomic E-state index is 13.5. The highest BCUT2D eigenvalue weighted by atomic mass is 16.5. The molecule has 1 atom stereocenters. The van der Waals surface area contributed by atoms with E-state index in [1.54, 1.807) is 0 Å². The molecule has 0 spiro atoms. The van der Waals surface area contributed by atoms with E-state index < -0.39 is 18.0 Å². The second-order valence-electron chi connectivity index (χ2n) is 8.84. The molecule has 188 valence electrons. The summed E-state index contributed by atoms with van der Waals surface area (Å²) in [5.74, 6) is -0.899. The number of rotatable bonds is 12.